The lowest BCUT2D eigenvalue weighted by Crippen LogP contribution is -2.35. The maximum Gasteiger partial charge on any atom is 0.258 e. The SMILES string of the molecule is COc1ccc(OCC(=O)NCC(=O)Nc2ccc(Cl)cc2C)cc1. The van der Waals surface area contributed by atoms with E-state index < -0.39 is 5.91 Å². The number of halogens is 1. The van der Waals surface area contributed by atoms with Crippen molar-refractivity contribution in [2.75, 3.05) is 25.6 Å². The van der Waals surface area contributed by atoms with E-state index in [9.17, 15) is 9.59 Å². The fraction of sp³-hybridized carbons (Fsp3) is 0.222. The average molecular weight is 363 g/mol. The Labute approximate surface area is 151 Å². The molecule has 0 fully saturated rings. The molecule has 0 aliphatic carbocycles. The van der Waals surface area contributed by atoms with Crippen LogP contribution in [0.3, 0.4) is 0 Å². The van der Waals surface area contributed by atoms with Crippen molar-refractivity contribution in [2.24, 2.45) is 0 Å². The van der Waals surface area contributed by atoms with Crippen LogP contribution in [0.2, 0.25) is 5.02 Å². The van der Waals surface area contributed by atoms with Gasteiger partial charge in [-0.05, 0) is 55.0 Å². The van der Waals surface area contributed by atoms with Gasteiger partial charge in [0.25, 0.3) is 5.91 Å². The van der Waals surface area contributed by atoms with Gasteiger partial charge in [0, 0.05) is 10.7 Å². The van der Waals surface area contributed by atoms with Gasteiger partial charge in [-0.15, -0.1) is 0 Å². The first-order valence-electron chi connectivity index (χ1n) is 7.57. The molecule has 25 heavy (non-hydrogen) atoms. The van der Waals surface area contributed by atoms with Gasteiger partial charge in [-0.1, -0.05) is 11.6 Å². The third-order valence-electron chi connectivity index (χ3n) is 3.34. The first kappa shape index (κ1) is 18.6. The molecule has 2 aromatic rings. The molecule has 0 spiro atoms. The van der Waals surface area contributed by atoms with Gasteiger partial charge >= 0.3 is 0 Å². The number of nitrogens with one attached hydrogen (secondary N) is 2. The van der Waals surface area contributed by atoms with Gasteiger partial charge in [0.05, 0.1) is 13.7 Å². The summed E-state index contributed by atoms with van der Waals surface area (Å²) in [6, 6.07) is 12.0. The van der Waals surface area contributed by atoms with E-state index >= 15 is 0 Å². The van der Waals surface area contributed by atoms with Gasteiger partial charge in [0.1, 0.15) is 11.5 Å². The summed E-state index contributed by atoms with van der Waals surface area (Å²) in [4.78, 5) is 23.6. The van der Waals surface area contributed by atoms with Crippen LogP contribution in [-0.4, -0.2) is 32.1 Å². The highest BCUT2D eigenvalue weighted by Crippen LogP contribution is 2.19. The first-order chi connectivity index (χ1) is 12.0. The Morgan fingerprint density at radius 3 is 2.36 bits per heavy atom. The van der Waals surface area contributed by atoms with Crippen LogP contribution in [0.1, 0.15) is 5.56 Å². The van der Waals surface area contributed by atoms with Crippen LogP contribution in [0.15, 0.2) is 42.5 Å². The largest absolute Gasteiger partial charge is 0.497 e. The minimum Gasteiger partial charge on any atom is -0.497 e. The van der Waals surface area contributed by atoms with E-state index in [2.05, 4.69) is 10.6 Å². The molecule has 0 saturated carbocycles. The summed E-state index contributed by atoms with van der Waals surface area (Å²) in [5.41, 5.74) is 1.49. The maximum atomic E-state index is 11.9. The predicted molar refractivity (Wildman–Crippen MR) is 96.3 cm³/mol. The monoisotopic (exact) mass is 362 g/mol. The van der Waals surface area contributed by atoms with Gasteiger partial charge in [-0.25, -0.2) is 0 Å². The summed E-state index contributed by atoms with van der Waals surface area (Å²) < 4.78 is 10.4. The molecule has 132 valence electrons. The summed E-state index contributed by atoms with van der Waals surface area (Å²) in [5.74, 6) is 0.519. The molecule has 2 N–H and O–H groups in total. The molecule has 0 saturated heterocycles. The summed E-state index contributed by atoms with van der Waals surface area (Å²) in [7, 11) is 1.57. The highest BCUT2D eigenvalue weighted by molar-refractivity contribution is 6.30. The molecule has 0 heterocycles. The zero-order valence-electron chi connectivity index (χ0n) is 14.0. The topological polar surface area (TPSA) is 76.7 Å². The fourth-order valence-electron chi connectivity index (χ4n) is 2.01. The normalized spacial score (nSPS) is 10.0. The summed E-state index contributed by atoms with van der Waals surface area (Å²) >= 11 is 5.87. The summed E-state index contributed by atoms with van der Waals surface area (Å²) in [5, 5.41) is 5.81. The highest BCUT2D eigenvalue weighted by atomic mass is 35.5. The third-order valence-corrected chi connectivity index (χ3v) is 3.57. The lowest BCUT2D eigenvalue weighted by atomic mass is 10.2. The number of rotatable bonds is 7. The number of amides is 2. The van der Waals surface area contributed by atoms with Crippen LogP contribution in [0.4, 0.5) is 5.69 Å². The lowest BCUT2D eigenvalue weighted by molar-refractivity contribution is -0.125. The van der Waals surface area contributed by atoms with Gasteiger partial charge < -0.3 is 20.1 Å². The number of aryl methyl sites for hydroxylation is 1. The molecule has 0 radical (unpaired) electrons. The van der Waals surface area contributed by atoms with E-state index in [1.807, 2.05) is 6.92 Å². The van der Waals surface area contributed by atoms with E-state index in [1.54, 1.807) is 49.6 Å². The van der Waals surface area contributed by atoms with Crippen molar-refractivity contribution in [1.82, 2.24) is 5.32 Å². The molecule has 0 aromatic heterocycles. The zero-order valence-corrected chi connectivity index (χ0v) is 14.7. The van der Waals surface area contributed by atoms with Gasteiger partial charge in [0.2, 0.25) is 5.91 Å². The van der Waals surface area contributed by atoms with E-state index in [0.29, 0.717) is 22.2 Å². The number of hydrogen-bond acceptors (Lipinski definition) is 4. The number of carbonyl (C=O) groups is 2. The van der Waals surface area contributed by atoms with Crippen molar-refractivity contribution in [3.63, 3.8) is 0 Å². The third kappa shape index (κ3) is 6.00. The van der Waals surface area contributed by atoms with E-state index in [4.69, 9.17) is 21.1 Å². The maximum absolute atomic E-state index is 11.9. The average Bonchev–Trinajstić information content (AvgIpc) is 2.61. The molecule has 2 rings (SSSR count). The molecule has 0 unspecified atom stereocenters. The molecule has 0 bridgehead atoms. The van der Waals surface area contributed by atoms with Gasteiger partial charge in [-0.3, -0.25) is 9.59 Å². The quantitative estimate of drug-likeness (QED) is 0.794. The van der Waals surface area contributed by atoms with E-state index in [-0.39, 0.29) is 19.1 Å². The van der Waals surface area contributed by atoms with Crippen LogP contribution in [0.5, 0.6) is 11.5 Å². The Kier molecular flexibility index (Phi) is 6.65. The number of methoxy groups -OCH3 is 1. The molecule has 0 aliphatic rings. The smallest absolute Gasteiger partial charge is 0.258 e. The molecule has 2 amide bonds. The second-order valence-corrected chi connectivity index (χ2v) is 5.68. The molecular formula is C18H19ClN2O4. The lowest BCUT2D eigenvalue weighted by Gasteiger charge is -2.10. The summed E-state index contributed by atoms with van der Waals surface area (Å²) in [6.07, 6.45) is 0. The Morgan fingerprint density at radius 1 is 1.04 bits per heavy atom. The van der Waals surface area contributed by atoms with Gasteiger partial charge in [0.15, 0.2) is 6.61 Å². The van der Waals surface area contributed by atoms with E-state index in [1.165, 1.54) is 0 Å². The molecule has 2 aromatic carbocycles. The number of anilines is 1. The molecular weight excluding hydrogens is 344 g/mol. The predicted octanol–water partition coefficient (Wildman–Crippen LogP) is 2.79. The highest BCUT2D eigenvalue weighted by Gasteiger charge is 2.08. The Bertz CT molecular complexity index is 747. The molecule has 6 nitrogen and oxygen atoms in total. The molecule has 7 heteroatoms. The van der Waals surface area contributed by atoms with Crippen molar-refractivity contribution in [1.29, 1.82) is 0 Å². The van der Waals surface area contributed by atoms with Crippen molar-refractivity contribution >= 4 is 29.1 Å². The minimum absolute atomic E-state index is 0.146. The second-order valence-electron chi connectivity index (χ2n) is 5.25. The van der Waals surface area contributed by atoms with Crippen molar-refractivity contribution in [3.05, 3.63) is 53.1 Å². The zero-order chi connectivity index (χ0) is 18.2. The van der Waals surface area contributed by atoms with Crippen LogP contribution < -0.4 is 20.1 Å². The van der Waals surface area contributed by atoms with Crippen LogP contribution in [0, 0.1) is 6.92 Å². The van der Waals surface area contributed by atoms with Crippen LogP contribution in [-0.2, 0) is 9.59 Å². The Morgan fingerprint density at radius 2 is 1.72 bits per heavy atom. The standard InChI is InChI=1S/C18H19ClN2O4/c1-12-9-13(19)3-8-16(12)21-17(22)10-20-18(23)11-25-15-6-4-14(24-2)5-7-15/h3-9H,10-11H2,1-2H3,(H,20,23)(H,21,22). The second kappa shape index (κ2) is 8.94. The van der Waals surface area contributed by atoms with Crippen molar-refractivity contribution in [3.8, 4) is 11.5 Å². The van der Waals surface area contributed by atoms with Crippen LogP contribution >= 0.6 is 11.6 Å². The molecule has 0 atom stereocenters. The van der Waals surface area contributed by atoms with E-state index in [0.717, 1.165) is 5.56 Å². The number of hydrogen-bond donors (Lipinski definition) is 2. The Hall–Kier alpha value is -2.73. The first-order valence-corrected chi connectivity index (χ1v) is 7.95. The number of carbonyl (C=O) groups excluding carboxylic acids is 2. The minimum atomic E-state index is -0.390. The fourth-order valence-corrected chi connectivity index (χ4v) is 2.24. The van der Waals surface area contributed by atoms with Crippen LogP contribution in [0.25, 0.3) is 0 Å². The molecule has 0 aliphatic heterocycles. The number of benzene rings is 2. The van der Waals surface area contributed by atoms with Gasteiger partial charge in [-0.2, -0.15) is 0 Å². The summed E-state index contributed by atoms with van der Waals surface area (Å²) in [6.45, 7) is 1.51. The van der Waals surface area contributed by atoms with Crippen molar-refractivity contribution in [2.45, 2.75) is 6.92 Å². The van der Waals surface area contributed by atoms with Crippen molar-refractivity contribution < 1.29 is 19.1 Å². The Balaban J connectivity index is 1.74. The number of ether oxygens (including phenoxy) is 2.